The van der Waals surface area contributed by atoms with E-state index >= 15 is 0 Å². The SMILES string of the molecule is Oc1ccc(CNCC2(O)CCC2)nc1. The maximum atomic E-state index is 9.81. The van der Waals surface area contributed by atoms with E-state index in [0.29, 0.717) is 13.1 Å². The molecule has 1 fully saturated rings. The van der Waals surface area contributed by atoms with Crippen LogP contribution in [0.5, 0.6) is 5.75 Å². The standard InChI is InChI=1S/C11H16N2O2/c14-10-3-2-9(13-7-10)6-12-8-11(15)4-1-5-11/h2-3,7,12,14-15H,1,4-6,8H2. The summed E-state index contributed by atoms with van der Waals surface area (Å²) in [5.74, 6) is 0.177. The Labute approximate surface area is 89.0 Å². The molecule has 0 radical (unpaired) electrons. The van der Waals surface area contributed by atoms with Gasteiger partial charge in [-0.15, -0.1) is 0 Å². The first-order chi connectivity index (χ1) is 7.18. The highest BCUT2D eigenvalue weighted by Crippen LogP contribution is 2.30. The maximum Gasteiger partial charge on any atom is 0.133 e. The van der Waals surface area contributed by atoms with Gasteiger partial charge in [0.05, 0.1) is 17.5 Å². The van der Waals surface area contributed by atoms with Crippen molar-refractivity contribution in [3.05, 3.63) is 24.0 Å². The number of nitrogens with one attached hydrogen (secondary N) is 1. The topological polar surface area (TPSA) is 65.4 Å². The molecule has 0 atom stereocenters. The van der Waals surface area contributed by atoms with Gasteiger partial charge in [-0.2, -0.15) is 0 Å². The third-order valence-electron chi connectivity index (χ3n) is 2.85. The highest BCUT2D eigenvalue weighted by Gasteiger charge is 2.33. The molecule has 1 heterocycles. The van der Waals surface area contributed by atoms with Gasteiger partial charge < -0.3 is 15.5 Å². The Morgan fingerprint density at radius 2 is 2.20 bits per heavy atom. The second kappa shape index (κ2) is 4.16. The minimum absolute atomic E-state index is 0.177. The Balaban J connectivity index is 1.76. The molecule has 0 amide bonds. The Hall–Kier alpha value is -1.13. The zero-order valence-electron chi connectivity index (χ0n) is 8.61. The highest BCUT2D eigenvalue weighted by atomic mass is 16.3. The van der Waals surface area contributed by atoms with Crippen LogP contribution >= 0.6 is 0 Å². The number of aromatic nitrogens is 1. The number of pyridine rings is 1. The van der Waals surface area contributed by atoms with Crippen LogP contribution in [0.3, 0.4) is 0 Å². The Morgan fingerprint density at radius 3 is 2.73 bits per heavy atom. The summed E-state index contributed by atoms with van der Waals surface area (Å²) in [6.45, 7) is 1.25. The predicted molar refractivity (Wildman–Crippen MR) is 56.4 cm³/mol. The summed E-state index contributed by atoms with van der Waals surface area (Å²) in [5.41, 5.74) is 0.382. The molecule has 1 aliphatic rings. The molecule has 1 aromatic rings. The van der Waals surface area contributed by atoms with Crippen molar-refractivity contribution in [2.75, 3.05) is 6.54 Å². The monoisotopic (exact) mass is 208 g/mol. The first-order valence-electron chi connectivity index (χ1n) is 5.25. The molecular formula is C11H16N2O2. The number of aliphatic hydroxyl groups is 1. The van der Waals surface area contributed by atoms with E-state index in [-0.39, 0.29) is 5.75 Å². The van der Waals surface area contributed by atoms with Crippen LogP contribution in [0.25, 0.3) is 0 Å². The summed E-state index contributed by atoms with van der Waals surface area (Å²) in [4.78, 5) is 4.05. The smallest absolute Gasteiger partial charge is 0.133 e. The fourth-order valence-corrected chi connectivity index (χ4v) is 1.71. The third-order valence-corrected chi connectivity index (χ3v) is 2.85. The molecule has 82 valence electrons. The number of rotatable bonds is 4. The number of hydrogen-bond donors (Lipinski definition) is 3. The van der Waals surface area contributed by atoms with E-state index in [0.717, 1.165) is 25.0 Å². The van der Waals surface area contributed by atoms with E-state index in [4.69, 9.17) is 5.11 Å². The number of hydrogen-bond acceptors (Lipinski definition) is 4. The lowest BCUT2D eigenvalue weighted by atomic mass is 9.80. The van der Waals surface area contributed by atoms with Gasteiger partial charge in [0.2, 0.25) is 0 Å². The van der Waals surface area contributed by atoms with Gasteiger partial charge in [-0.3, -0.25) is 4.98 Å². The van der Waals surface area contributed by atoms with E-state index in [1.807, 2.05) is 0 Å². The largest absolute Gasteiger partial charge is 0.506 e. The lowest BCUT2D eigenvalue weighted by Crippen LogP contribution is -2.46. The number of nitrogens with zero attached hydrogens (tertiary/aromatic N) is 1. The molecule has 4 heteroatoms. The van der Waals surface area contributed by atoms with E-state index in [2.05, 4.69) is 10.3 Å². The van der Waals surface area contributed by atoms with Gasteiger partial charge >= 0.3 is 0 Å². The molecule has 0 unspecified atom stereocenters. The molecule has 0 aromatic carbocycles. The summed E-state index contributed by atoms with van der Waals surface area (Å²) in [7, 11) is 0. The van der Waals surface area contributed by atoms with Crippen LogP contribution in [-0.4, -0.2) is 27.3 Å². The zero-order valence-corrected chi connectivity index (χ0v) is 8.61. The first kappa shape index (κ1) is 10.4. The van der Waals surface area contributed by atoms with Crippen molar-refractivity contribution in [2.45, 2.75) is 31.4 Å². The van der Waals surface area contributed by atoms with Crippen LogP contribution in [0.4, 0.5) is 0 Å². The lowest BCUT2D eigenvalue weighted by molar-refractivity contribution is -0.0315. The zero-order chi connectivity index (χ0) is 10.7. The Bertz CT molecular complexity index is 320. The van der Waals surface area contributed by atoms with Gasteiger partial charge in [0.1, 0.15) is 5.75 Å². The van der Waals surface area contributed by atoms with Gasteiger partial charge in [-0.25, -0.2) is 0 Å². The van der Waals surface area contributed by atoms with Crippen molar-refractivity contribution >= 4 is 0 Å². The summed E-state index contributed by atoms with van der Waals surface area (Å²) >= 11 is 0. The van der Waals surface area contributed by atoms with E-state index < -0.39 is 5.60 Å². The van der Waals surface area contributed by atoms with Crippen molar-refractivity contribution in [2.24, 2.45) is 0 Å². The Morgan fingerprint density at radius 1 is 1.40 bits per heavy atom. The molecule has 1 aromatic heterocycles. The molecule has 3 N–H and O–H groups in total. The molecule has 0 aliphatic heterocycles. The van der Waals surface area contributed by atoms with Gasteiger partial charge in [0, 0.05) is 13.1 Å². The average molecular weight is 208 g/mol. The quantitative estimate of drug-likeness (QED) is 0.684. The molecule has 15 heavy (non-hydrogen) atoms. The highest BCUT2D eigenvalue weighted by molar-refractivity contribution is 5.17. The van der Waals surface area contributed by atoms with E-state index in [1.54, 1.807) is 12.1 Å². The molecule has 0 saturated heterocycles. The summed E-state index contributed by atoms with van der Waals surface area (Å²) in [5, 5.41) is 22.0. The van der Waals surface area contributed by atoms with Crippen LogP contribution in [0.1, 0.15) is 25.0 Å². The summed E-state index contributed by atoms with van der Waals surface area (Å²) in [6.07, 6.45) is 4.33. The molecule has 0 bridgehead atoms. The van der Waals surface area contributed by atoms with Crippen LogP contribution in [0, 0.1) is 0 Å². The minimum atomic E-state index is -0.489. The van der Waals surface area contributed by atoms with E-state index in [9.17, 15) is 5.11 Å². The minimum Gasteiger partial charge on any atom is -0.506 e. The lowest BCUT2D eigenvalue weighted by Gasteiger charge is -2.36. The van der Waals surface area contributed by atoms with Crippen molar-refractivity contribution < 1.29 is 10.2 Å². The van der Waals surface area contributed by atoms with Crippen LogP contribution in [0.15, 0.2) is 18.3 Å². The molecule has 4 nitrogen and oxygen atoms in total. The molecule has 0 spiro atoms. The van der Waals surface area contributed by atoms with Crippen molar-refractivity contribution in [3.63, 3.8) is 0 Å². The van der Waals surface area contributed by atoms with Crippen molar-refractivity contribution in [1.29, 1.82) is 0 Å². The molecule has 2 rings (SSSR count). The van der Waals surface area contributed by atoms with Gasteiger partial charge in [0.15, 0.2) is 0 Å². The van der Waals surface area contributed by atoms with Gasteiger partial charge in [-0.1, -0.05) is 0 Å². The normalized spacial score (nSPS) is 18.5. The van der Waals surface area contributed by atoms with Crippen molar-refractivity contribution in [1.82, 2.24) is 10.3 Å². The molecule has 1 saturated carbocycles. The molecule has 1 aliphatic carbocycles. The second-order valence-corrected chi connectivity index (χ2v) is 4.19. The maximum absolute atomic E-state index is 9.81. The third kappa shape index (κ3) is 2.67. The second-order valence-electron chi connectivity index (χ2n) is 4.19. The van der Waals surface area contributed by atoms with Crippen LogP contribution < -0.4 is 5.32 Å². The van der Waals surface area contributed by atoms with Crippen molar-refractivity contribution in [3.8, 4) is 5.75 Å². The van der Waals surface area contributed by atoms with E-state index in [1.165, 1.54) is 6.20 Å². The van der Waals surface area contributed by atoms with Crippen LogP contribution in [-0.2, 0) is 6.54 Å². The van der Waals surface area contributed by atoms with Gasteiger partial charge in [-0.05, 0) is 31.4 Å². The number of aromatic hydroxyl groups is 1. The predicted octanol–water partition coefficient (Wildman–Crippen LogP) is 0.792. The first-order valence-corrected chi connectivity index (χ1v) is 5.25. The summed E-state index contributed by atoms with van der Waals surface area (Å²) < 4.78 is 0. The van der Waals surface area contributed by atoms with Crippen LogP contribution in [0.2, 0.25) is 0 Å². The fraction of sp³-hybridized carbons (Fsp3) is 0.545. The average Bonchev–Trinajstić information content (AvgIpc) is 2.19. The van der Waals surface area contributed by atoms with Gasteiger partial charge in [0.25, 0.3) is 0 Å². The fourth-order valence-electron chi connectivity index (χ4n) is 1.71. The summed E-state index contributed by atoms with van der Waals surface area (Å²) in [6, 6.07) is 3.38. The molecular weight excluding hydrogens is 192 g/mol. The Kier molecular flexibility index (Phi) is 2.88.